The summed E-state index contributed by atoms with van der Waals surface area (Å²) in [6.45, 7) is 7.09. The van der Waals surface area contributed by atoms with Crippen LogP contribution in [0.15, 0.2) is 42.7 Å². The van der Waals surface area contributed by atoms with Crippen molar-refractivity contribution >= 4 is 5.91 Å². The second-order valence-corrected chi connectivity index (χ2v) is 6.24. The first-order valence-corrected chi connectivity index (χ1v) is 8.43. The third-order valence-corrected chi connectivity index (χ3v) is 4.24. The normalized spacial score (nSPS) is 12.0. The predicted molar refractivity (Wildman–Crippen MR) is 95.7 cm³/mol. The van der Waals surface area contributed by atoms with Crippen LogP contribution in [-0.2, 0) is 11.2 Å². The molecule has 0 spiro atoms. The number of nitrogens with zero attached hydrogens (tertiary/aromatic N) is 2. The van der Waals surface area contributed by atoms with E-state index in [1.165, 1.54) is 11.1 Å². The molecule has 1 aromatic carbocycles. The molecule has 1 unspecified atom stereocenters. The Labute approximate surface area is 144 Å². The molecule has 0 aliphatic heterocycles. The number of rotatable bonds is 7. The molecular formula is C20H26N2O2. The number of carbonyl (C=O) groups is 1. The monoisotopic (exact) mass is 326 g/mol. The van der Waals surface area contributed by atoms with Gasteiger partial charge >= 0.3 is 0 Å². The van der Waals surface area contributed by atoms with Crippen LogP contribution >= 0.6 is 0 Å². The summed E-state index contributed by atoms with van der Waals surface area (Å²) in [5, 5.41) is 10.4. The highest BCUT2D eigenvalue weighted by Gasteiger charge is 2.18. The molecule has 0 saturated carbocycles. The molecule has 0 aliphatic rings. The third-order valence-electron chi connectivity index (χ3n) is 4.24. The number of hydrogen-bond acceptors (Lipinski definition) is 3. The largest absolute Gasteiger partial charge is 0.386 e. The minimum absolute atomic E-state index is 0.0445. The fraction of sp³-hybridized carbons (Fsp3) is 0.400. The summed E-state index contributed by atoms with van der Waals surface area (Å²) in [4.78, 5) is 18.4. The average molecular weight is 326 g/mol. The van der Waals surface area contributed by atoms with Gasteiger partial charge in [-0.3, -0.25) is 9.78 Å². The third kappa shape index (κ3) is 4.90. The van der Waals surface area contributed by atoms with E-state index >= 15 is 0 Å². The van der Waals surface area contributed by atoms with Crippen molar-refractivity contribution in [1.29, 1.82) is 0 Å². The molecule has 1 amide bonds. The van der Waals surface area contributed by atoms with Crippen molar-refractivity contribution in [3.8, 4) is 0 Å². The highest BCUT2D eigenvalue weighted by Crippen LogP contribution is 2.15. The molecule has 0 fully saturated rings. The van der Waals surface area contributed by atoms with Gasteiger partial charge in [0.25, 0.3) is 0 Å². The van der Waals surface area contributed by atoms with Gasteiger partial charge in [0.15, 0.2) is 0 Å². The van der Waals surface area contributed by atoms with Crippen LogP contribution in [-0.4, -0.2) is 34.0 Å². The summed E-state index contributed by atoms with van der Waals surface area (Å²) < 4.78 is 0. The maximum Gasteiger partial charge on any atom is 0.227 e. The van der Waals surface area contributed by atoms with Crippen LogP contribution in [0.4, 0.5) is 0 Å². The molecule has 1 aromatic heterocycles. The molecule has 24 heavy (non-hydrogen) atoms. The van der Waals surface area contributed by atoms with Crippen LogP contribution in [0.1, 0.15) is 41.7 Å². The Morgan fingerprint density at radius 3 is 2.67 bits per heavy atom. The zero-order chi connectivity index (χ0) is 17.5. The number of hydrogen-bond donors (Lipinski definition) is 1. The molecular weight excluding hydrogens is 300 g/mol. The van der Waals surface area contributed by atoms with E-state index in [1.807, 2.05) is 25.1 Å². The van der Waals surface area contributed by atoms with Gasteiger partial charge in [0.1, 0.15) is 0 Å². The van der Waals surface area contributed by atoms with Gasteiger partial charge in [-0.2, -0.15) is 0 Å². The van der Waals surface area contributed by atoms with Gasteiger partial charge in [0.05, 0.1) is 19.1 Å². The highest BCUT2D eigenvalue weighted by atomic mass is 16.3. The molecule has 2 aromatic rings. The fourth-order valence-electron chi connectivity index (χ4n) is 2.67. The fourth-order valence-corrected chi connectivity index (χ4v) is 2.67. The van der Waals surface area contributed by atoms with Gasteiger partial charge in [0.2, 0.25) is 5.91 Å². The van der Waals surface area contributed by atoms with E-state index in [0.29, 0.717) is 19.5 Å². The lowest BCUT2D eigenvalue weighted by Crippen LogP contribution is -2.36. The van der Waals surface area contributed by atoms with Crippen LogP contribution in [0, 0.1) is 13.8 Å². The number of aryl methyl sites for hydroxylation is 2. The Kier molecular flexibility index (Phi) is 6.50. The first kappa shape index (κ1) is 18.1. The second kappa shape index (κ2) is 8.60. The lowest BCUT2D eigenvalue weighted by atomic mass is 10.0. The van der Waals surface area contributed by atoms with Crippen LogP contribution in [0.2, 0.25) is 0 Å². The standard InChI is InChI=1S/C20H26N2O2/c1-4-10-22(14-19(23)18-6-5-9-21-13-18)20(24)12-17-8-7-15(2)16(3)11-17/h5-9,11,13,19,23H,4,10,12,14H2,1-3H3. The first-order valence-electron chi connectivity index (χ1n) is 8.43. The van der Waals surface area contributed by atoms with E-state index in [9.17, 15) is 9.90 Å². The van der Waals surface area contributed by atoms with Crippen LogP contribution in [0.5, 0.6) is 0 Å². The number of benzene rings is 1. The predicted octanol–water partition coefficient (Wildman–Crippen LogP) is 3.21. The molecule has 0 aliphatic carbocycles. The van der Waals surface area contributed by atoms with Gasteiger partial charge in [0, 0.05) is 24.5 Å². The van der Waals surface area contributed by atoms with Gasteiger partial charge in [-0.05, 0) is 43.0 Å². The quantitative estimate of drug-likeness (QED) is 0.850. The summed E-state index contributed by atoms with van der Waals surface area (Å²) in [6, 6.07) is 9.73. The molecule has 1 heterocycles. The summed E-state index contributed by atoms with van der Waals surface area (Å²) in [7, 11) is 0. The van der Waals surface area contributed by atoms with E-state index < -0.39 is 6.10 Å². The van der Waals surface area contributed by atoms with Crippen LogP contribution < -0.4 is 0 Å². The van der Waals surface area contributed by atoms with Crippen molar-refractivity contribution in [3.63, 3.8) is 0 Å². The Bertz CT molecular complexity index is 671. The molecule has 0 bridgehead atoms. The Balaban J connectivity index is 2.05. The van der Waals surface area contributed by atoms with Crippen molar-refractivity contribution < 1.29 is 9.90 Å². The summed E-state index contributed by atoms with van der Waals surface area (Å²) in [5.74, 6) is 0.0445. The molecule has 128 valence electrons. The van der Waals surface area contributed by atoms with Crippen LogP contribution in [0.3, 0.4) is 0 Å². The molecule has 4 heteroatoms. The maximum atomic E-state index is 12.7. The SMILES string of the molecule is CCCN(CC(O)c1cccnc1)C(=O)Cc1ccc(C)c(C)c1. The zero-order valence-corrected chi connectivity index (χ0v) is 14.7. The number of carbonyl (C=O) groups excluding carboxylic acids is 1. The lowest BCUT2D eigenvalue weighted by molar-refractivity contribution is -0.132. The van der Waals surface area contributed by atoms with Crippen molar-refractivity contribution in [2.45, 2.75) is 39.7 Å². The number of pyridine rings is 1. The van der Waals surface area contributed by atoms with Crippen molar-refractivity contribution in [2.75, 3.05) is 13.1 Å². The van der Waals surface area contributed by atoms with Gasteiger partial charge in [-0.15, -0.1) is 0 Å². The minimum atomic E-state index is -0.714. The van der Waals surface area contributed by atoms with E-state index in [2.05, 4.69) is 24.9 Å². The summed E-state index contributed by atoms with van der Waals surface area (Å²) in [6.07, 6.45) is 3.82. The van der Waals surface area contributed by atoms with Gasteiger partial charge in [-0.25, -0.2) is 0 Å². The molecule has 4 nitrogen and oxygen atoms in total. The van der Waals surface area contributed by atoms with E-state index in [-0.39, 0.29) is 5.91 Å². The lowest BCUT2D eigenvalue weighted by Gasteiger charge is -2.25. The van der Waals surface area contributed by atoms with Gasteiger partial charge < -0.3 is 10.0 Å². The molecule has 1 atom stereocenters. The Morgan fingerprint density at radius 2 is 2.04 bits per heavy atom. The number of aromatic nitrogens is 1. The summed E-state index contributed by atoms with van der Waals surface area (Å²) in [5.41, 5.74) is 4.17. The minimum Gasteiger partial charge on any atom is -0.386 e. The van der Waals surface area contributed by atoms with Crippen molar-refractivity contribution in [2.24, 2.45) is 0 Å². The Hall–Kier alpha value is -2.20. The van der Waals surface area contributed by atoms with Crippen molar-refractivity contribution in [3.05, 3.63) is 65.0 Å². The maximum absolute atomic E-state index is 12.7. The molecule has 2 rings (SSSR count). The number of amides is 1. The van der Waals surface area contributed by atoms with E-state index in [4.69, 9.17) is 0 Å². The highest BCUT2D eigenvalue weighted by molar-refractivity contribution is 5.79. The first-order chi connectivity index (χ1) is 11.5. The number of aliphatic hydroxyl groups excluding tert-OH is 1. The molecule has 0 radical (unpaired) electrons. The van der Waals surface area contributed by atoms with E-state index in [1.54, 1.807) is 23.4 Å². The zero-order valence-electron chi connectivity index (χ0n) is 14.7. The smallest absolute Gasteiger partial charge is 0.227 e. The second-order valence-electron chi connectivity index (χ2n) is 6.24. The number of aliphatic hydroxyl groups is 1. The van der Waals surface area contributed by atoms with Gasteiger partial charge in [-0.1, -0.05) is 31.2 Å². The topological polar surface area (TPSA) is 53.4 Å². The van der Waals surface area contributed by atoms with E-state index in [0.717, 1.165) is 17.5 Å². The van der Waals surface area contributed by atoms with Crippen molar-refractivity contribution in [1.82, 2.24) is 9.88 Å². The van der Waals surface area contributed by atoms with Crippen LogP contribution in [0.25, 0.3) is 0 Å². The molecule has 0 saturated heterocycles. The Morgan fingerprint density at radius 1 is 1.25 bits per heavy atom. The average Bonchev–Trinajstić information content (AvgIpc) is 2.58. The molecule has 1 N–H and O–H groups in total. The summed E-state index contributed by atoms with van der Waals surface area (Å²) >= 11 is 0.